The highest BCUT2D eigenvalue weighted by molar-refractivity contribution is 7.89. The van der Waals surface area contributed by atoms with Gasteiger partial charge in [-0.05, 0) is 26.2 Å². The highest BCUT2D eigenvalue weighted by Gasteiger charge is 2.31. The molecule has 148 valence electrons. The van der Waals surface area contributed by atoms with Crippen molar-refractivity contribution in [3.63, 3.8) is 0 Å². The Morgan fingerprint density at radius 2 is 2.08 bits per heavy atom. The molecule has 10 nitrogen and oxygen atoms in total. The van der Waals surface area contributed by atoms with Crippen molar-refractivity contribution in [2.24, 2.45) is 0 Å². The van der Waals surface area contributed by atoms with Crippen molar-refractivity contribution in [2.75, 3.05) is 12.3 Å². The number of hydrogen-bond donors (Lipinski definition) is 4. The van der Waals surface area contributed by atoms with Gasteiger partial charge in [-0.3, -0.25) is 19.4 Å². The quantitative estimate of drug-likeness (QED) is 0.368. The zero-order valence-corrected chi connectivity index (χ0v) is 15.7. The number of aliphatic carboxylic acids is 1. The Labute approximate surface area is 153 Å². The molecular weight excluding hydrogens is 364 g/mol. The molecule has 2 amide bonds. The van der Waals surface area contributed by atoms with Gasteiger partial charge < -0.3 is 10.4 Å². The molecule has 0 aromatic rings. The Balaban J connectivity index is 2.67. The fourth-order valence-corrected chi connectivity index (χ4v) is 3.59. The first kappa shape index (κ1) is 22.1. The van der Waals surface area contributed by atoms with Crippen LogP contribution in [0.2, 0.25) is 0 Å². The first-order valence-corrected chi connectivity index (χ1v) is 9.98. The molecule has 0 aliphatic carbocycles. The fourth-order valence-electron chi connectivity index (χ4n) is 2.47. The number of carbonyl (C=O) groups excluding carboxylic acids is 2. The van der Waals surface area contributed by atoms with E-state index in [2.05, 4.69) is 22.0 Å². The Kier molecular flexibility index (Phi) is 8.18. The summed E-state index contributed by atoms with van der Waals surface area (Å²) < 4.78 is 25.8. The molecule has 26 heavy (non-hydrogen) atoms. The van der Waals surface area contributed by atoms with E-state index in [1.807, 2.05) is 0 Å². The third kappa shape index (κ3) is 6.39. The molecule has 0 aromatic heterocycles. The molecular formula is C15H26N4O6S. The average molecular weight is 390 g/mol. The number of carbonyl (C=O) groups is 3. The lowest BCUT2D eigenvalue weighted by atomic mass is 10.1. The molecule has 0 saturated carbocycles. The lowest BCUT2D eigenvalue weighted by Gasteiger charge is -2.33. The van der Waals surface area contributed by atoms with E-state index in [1.165, 1.54) is 18.0 Å². The maximum absolute atomic E-state index is 12.4. The SMILES string of the molecule is C=CCS(=O)(=O)NC(CC)C(=O)NC(C)C(=O)N1CCCC(C(=O)O)N1. The number of carboxylic acid groups (broad SMARTS) is 1. The standard InChI is InChI=1S/C15H26N4O6S/c1-4-9-26(24,25)18-11(5-2)13(20)16-10(3)14(21)19-8-6-7-12(17-19)15(22)23/h4,10-12,17-18H,1,5-9H2,2-3H3,(H,16,20)(H,22,23). The van der Waals surface area contributed by atoms with Crippen LogP contribution < -0.4 is 15.5 Å². The summed E-state index contributed by atoms with van der Waals surface area (Å²) in [6.07, 6.45) is 2.34. The molecule has 1 fully saturated rings. The van der Waals surface area contributed by atoms with E-state index in [4.69, 9.17) is 5.11 Å². The van der Waals surface area contributed by atoms with E-state index in [9.17, 15) is 22.8 Å². The first-order chi connectivity index (χ1) is 12.1. The molecule has 4 N–H and O–H groups in total. The zero-order valence-electron chi connectivity index (χ0n) is 14.9. The smallest absolute Gasteiger partial charge is 0.322 e. The number of carboxylic acids is 1. The second-order valence-electron chi connectivity index (χ2n) is 6.03. The minimum absolute atomic E-state index is 0.201. The van der Waals surface area contributed by atoms with Crippen LogP contribution in [0.4, 0.5) is 0 Å². The van der Waals surface area contributed by atoms with Gasteiger partial charge in [-0.1, -0.05) is 13.0 Å². The van der Waals surface area contributed by atoms with Crippen LogP contribution in [0.15, 0.2) is 12.7 Å². The predicted octanol–water partition coefficient (Wildman–Crippen LogP) is -1.04. The number of amides is 2. The number of sulfonamides is 1. The molecule has 0 spiro atoms. The normalized spacial score (nSPS) is 20.1. The second kappa shape index (κ2) is 9.64. The van der Waals surface area contributed by atoms with Gasteiger partial charge in [0.2, 0.25) is 15.9 Å². The number of hydrogen-bond acceptors (Lipinski definition) is 6. The van der Waals surface area contributed by atoms with Crippen LogP contribution >= 0.6 is 0 Å². The summed E-state index contributed by atoms with van der Waals surface area (Å²) >= 11 is 0. The van der Waals surface area contributed by atoms with Gasteiger partial charge in [-0.2, -0.15) is 0 Å². The number of nitrogens with zero attached hydrogens (tertiary/aromatic N) is 1. The van der Waals surface area contributed by atoms with Crippen LogP contribution in [0.3, 0.4) is 0 Å². The highest BCUT2D eigenvalue weighted by Crippen LogP contribution is 2.09. The molecule has 1 aliphatic heterocycles. The van der Waals surface area contributed by atoms with Crippen molar-refractivity contribution in [3.05, 3.63) is 12.7 Å². The molecule has 3 atom stereocenters. The number of nitrogens with one attached hydrogen (secondary N) is 3. The highest BCUT2D eigenvalue weighted by atomic mass is 32.2. The molecule has 1 saturated heterocycles. The van der Waals surface area contributed by atoms with Crippen LogP contribution in [0.5, 0.6) is 0 Å². The van der Waals surface area contributed by atoms with Crippen LogP contribution in [0, 0.1) is 0 Å². The van der Waals surface area contributed by atoms with Crippen LogP contribution in [0.1, 0.15) is 33.1 Å². The minimum Gasteiger partial charge on any atom is -0.480 e. The topological polar surface area (TPSA) is 145 Å². The largest absolute Gasteiger partial charge is 0.480 e. The van der Waals surface area contributed by atoms with E-state index >= 15 is 0 Å². The Morgan fingerprint density at radius 1 is 1.42 bits per heavy atom. The molecule has 11 heteroatoms. The summed E-state index contributed by atoms with van der Waals surface area (Å²) in [5.74, 6) is -2.50. The van der Waals surface area contributed by atoms with Gasteiger partial charge >= 0.3 is 5.97 Å². The first-order valence-electron chi connectivity index (χ1n) is 8.33. The van der Waals surface area contributed by atoms with Gasteiger partial charge in [0.15, 0.2) is 0 Å². The van der Waals surface area contributed by atoms with Crippen LogP contribution in [-0.4, -0.2) is 66.7 Å². The third-order valence-corrected chi connectivity index (χ3v) is 5.18. The van der Waals surface area contributed by atoms with Crippen molar-refractivity contribution in [2.45, 2.75) is 51.2 Å². The molecule has 0 bridgehead atoms. The lowest BCUT2D eigenvalue weighted by Crippen LogP contribution is -2.60. The van der Waals surface area contributed by atoms with Crippen molar-refractivity contribution in [1.29, 1.82) is 0 Å². The van der Waals surface area contributed by atoms with Crippen molar-refractivity contribution < 1.29 is 27.9 Å². The predicted molar refractivity (Wildman–Crippen MR) is 94.3 cm³/mol. The molecule has 0 aromatic carbocycles. The fraction of sp³-hybridized carbons (Fsp3) is 0.667. The zero-order chi connectivity index (χ0) is 19.9. The number of rotatable bonds is 9. The van der Waals surface area contributed by atoms with Crippen LogP contribution in [0.25, 0.3) is 0 Å². The minimum atomic E-state index is -3.68. The van der Waals surface area contributed by atoms with Gasteiger partial charge in [0.05, 0.1) is 5.75 Å². The van der Waals surface area contributed by atoms with E-state index in [0.717, 1.165) is 0 Å². The van der Waals surface area contributed by atoms with Crippen LogP contribution in [-0.2, 0) is 24.4 Å². The van der Waals surface area contributed by atoms with E-state index in [1.54, 1.807) is 6.92 Å². The Bertz CT molecular complexity index is 651. The van der Waals surface area contributed by atoms with E-state index in [-0.39, 0.29) is 12.2 Å². The third-order valence-electron chi connectivity index (χ3n) is 3.86. The average Bonchev–Trinajstić information content (AvgIpc) is 2.58. The van der Waals surface area contributed by atoms with Crippen molar-refractivity contribution >= 4 is 27.8 Å². The molecule has 0 radical (unpaired) electrons. The van der Waals surface area contributed by atoms with Gasteiger partial charge in [-0.15, -0.1) is 6.58 Å². The summed E-state index contributed by atoms with van der Waals surface area (Å²) in [7, 11) is -3.68. The van der Waals surface area contributed by atoms with Crippen molar-refractivity contribution in [1.82, 2.24) is 20.5 Å². The maximum Gasteiger partial charge on any atom is 0.322 e. The van der Waals surface area contributed by atoms with E-state index in [0.29, 0.717) is 19.4 Å². The van der Waals surface area contributed by atoms with Gasteiger partial charge in [0.25, 0.3) is 5.91 Å². The molecule has 1 rings (SSSR count). The second-order valence-corrected chi connectivity index (χ2v) is 7.83. The van der Waals surface area contributed by atoms with Gasteiger partial charge in [-0.25, -0.2) is 18.6 Å². The number of hydrazine groups is 1. The summed E-state index contributed by atoms with van der Waals surface area (Å²) in [5.41, 5.74) is 2.62. The molecule has 3 unspecified atom stereocenters. The molecule has 1 heterocycles. The maximum atomic E-state index is 12.4. The van der Waals surface area contributed by atoms with E-state index < -0.39 is 45.9 Å². The van der Waals surface area contributed by atoms with Gasteiger partial charge in [0.1, 0.15) is 18.1 Å². The summed E-state index contributed by atoms with van der Waals surface area (Å²) in [5, 5.41) is 12.7. The monoisotopic (exact) mass is 390 g/mol. The summed E-state index contributed by atoms with van der Waals surface area (Å²) in [4.78, 5) is 35.7. The van der Waals surface area contributed by atoms with Crippen molar-refractivity contribution in [3.8, 4) is 0 Å². The molecule has 1 aliphatic rings. The summed E-state index contributed by atoms with van der Waals surface area (Å²) in [6, 6.07) is -2.82. The summed E-state index contributed by atoms with van der Waals surface area (Å²) in [6.45, 7) is 6.76. The van der Waals surface area contributed by atoms with Gasteiger partial charge in [0, 0.05) is 6.54 Å². The lowest BCUT2D eigenvalue weighted by molar-refractivity contribution is -0.148. The Morgan fingerprint density at radius 3 is 2.62 bits per heavy atom. The Hall–Kier alpha value is -1.98.